The van der Waals surface area contributed by atoms with Gasteiger partial charge in [-0.15, -0.1) is 0 Å². The van der Waals surface area contributed by atoms with Gasteiger partial charge in [0.05, 0.1) is 0 Å². The number of rotatable bonds is 10. The summed E-state index contributed by atoms with van der Waals surface area (Å²) in [4.78, 5) is 2.61. The summed E-state index contributed by atoms with van der Waals surface area (Å²) in [5, 5.41) is 3.85. The molecule has 2 aliphatic carbocycles. The van der Waals surface area contributed by atoms with Gasteiger partial charge in [-0.25, -0.2) is 0 Å². The van der Waals surface area contributed by atoms with Crippen LogP contribution in [0.4, 0.5) is 0 Å². The molecule has 0 aromatic carbocycles. The second-order valence-corrected chi connectivity index (χ2v) is 6.00. The monoisotopic (exact) mass is 238 g/mol. The summed E-state index contributed by atoms with van der Waals surface area (Å²) in [6.45, 7) is 9.57. The van der Waals surface area contributed by atoms with Crippen LogP contribution in [0.2, 0.25) is 0 Å². The second kappa shape index (κ2) is 6.75. The van der Waals surface area contributed by atoms with Crippen molar-refractivity contribution in [3.8, 4) is 0 Å². The van der Waals surface area contributed by atoms with Gasteiger partial charge in [0.2, 0.25) is 0 Å². The molecule has 0 unspecified atom stereocenters. The Morgan fingerprint density at radius 1 is 0.941 bits per heavy atom. The number of hydrogen-bond acceptors (Lipinski definition) is 2. The van der Waals surface area contributed by atoms with Crippen LogP contribution in [-0.2, 0) is 0 Å². The Morgan fingerprint density at radius 3 is 1.88 bits per heavy atom. The SMILES string of the molecule is CCCN(CCC)CCNC(C1CC1)C1CC1. The van der Waals surface area contributed by atoms with E-state index in [9.17, 15) is 0 Å². The first-order valence-electron chi connectivity index (χ1n) is 7.80. The van der Waals surface area contributed by atoms with Crippen LogP contribution >= 0.6 is 0 Å². The summed E-state index contributed by atoms with van der Waals surface area (Å²) in [7, 11) is 0. The van der Waals surface area contributed by atoms with Crippen molar-refractivity contribution in [3.05, 3.63) is 0 Å². The third kappa shape index (κ3) is 4.59. The Bertz CT molecular complexity index is 191. The van der Waals surface area contributed by atoms with Crippen molar-refractivity contribution in [3.63, 3.8) is 0 Å². The number of nitrogens with one attached hydrogen (secondary N) is 1. The molecule has 0 aromatic heterocycles. The summed E-state index contributed by atoms with van der Waals surface area (Å²) in [5.41, 5.74) is 0. The molecule has 0 aliphatic heterocycles. The van der Waals surface area contributed by atoms with Crippen LogP contribution in [-0.4, -0.2) is 37.1 Å². The van der Waals surface area contributed by atoms with E-state index in [4.69, 9.17) is 0 Å². The molecule has 2 fully saturated rings. The highest BCUT2D eigenvalue weighted by Gasteiger charge is 2.40. The normalized spacial score (nSPS) is 20.5. The van der Waals surface area contributed by atoms with Crippen LogP contribution in [0.15, 0.2) is 0 Å². The van der Waals surface area contributed by atoms with E-state index in [1.807, 2.05) is 0 Å². The molecular weight excluding hydrogens is 208 g/mol. The fraction of sp³-hybridized carbons (Fsp3) is 1.00. The van der Waals surface area contributed by atoms with Crippen LogP contribution in [0.5, 0.6) is 0 Å². The summed E-state index contributed by atoms with van der Waals surface area (Å²) in [6.07, 6.45) is 8.52. The van der Waals surface area contributed by atoms with E-state index in [2.05, 4.69) is 24.1 Å². The Kier molecular flexibility index (Phi) is 5.30. The summed E-state index contributed by atoms with van der Waals surface area (Å²) >= 11 is 0. The smallest absolute Gasteiger partial charge is 0.0124 e. The van der Waals surface area contributed by atoms with E-state index in [1.54, 1.807) is 0 Å². The Labute approximate surface area is 107 Å². The molecule has 2 saturated carbocycles. The molecule has 0 bridgehead atoms. The zero-order valence-corrected chi connectivity index (χ0v) is 11.8. The minimum atomic E-state index is 0.875. The molecule has 2 aliphatic rings. The molecule has 0 heterocycles. The molecule has 17 heavy (non-hydrogen) atoms. The predicted molar refractivity (Wildman–Crippen MR) is 74.3 cm³/mol. The number of hydrogen-bond donors (Lipinski definition) is 1. The van der Waals surface area contributed by atoms with Gasteiger partial charge in [-0.05, 0) is 63.5 Å². The largest absolute Gasteiger partial charge is 0.312 e. The lowest BCUT2D eigenvalue weighted by atomic mass is 10.1. The van der Waals surface area contributed by atoms with Crippen LogP contribution in [0.3, 0.4) is 0 Å². The maximum Gasteiger partial charge on any atom is 0.0124 e. The highest BCUT2D eigenvalue weighted by atomic mass is 15.1. The van der Waals surface area contributed by atoms with Gasteiger partial charge < -0.3 is 10.2 Å². The van der Waals surface area contributed by atoms with Crippen LogP contribution in [0.1, 0.15) is 52.4 Å². The molecule has 1 N–H and O–H groups in total. The first-order chi connectivity index (χ1) is 8.35. The fourth-order valence-corrected chi connectivity index (χ4v) is 2.99. The predicted octanol–water partition coefficient (Wildman–Crippen LogP) is 2.89. The van der Waals surface area contributed by atoms with Crippen LogP contribution in [0, 0.1) is 11.8 Å². The van der Waals surface area contributed by atoms with E-state index >= 15 is 0 Å². The van der Waals surface area contributed by atoms with Gasteiger partial charge in [-0.2, -0.15) is 0 Å². The molecule has 0 amide bonds. The van der Waals surface area contributed by atoms with E-state index < -0.39 is 0 Å². The van der Waals surface area contributed by atoms with Gasteiger partial charge in [-0.3, -0.25) is 0 Å². The maximum atomic E-state index is 3.85. The standard InChI is InChI=1S/C15H30N2/c1-3-10-17(11-4-2)12-9-16-15(13-5-6-13)14-7-8-14/h13-16H,3-12H2,1-2H3. The van der Waals surface area contributed by atoms with Gasteiger partial charge in [0, 0.05) is 19.1 Å². The van der Waals surface area contributed by atoms with Crippen molar-refractivity contribution in [1.82, 2.24) is 10.2 Å². The first-order valence-corrected chi connectivity index (χ1v) is 7.80. The first kappa shape index (κ1) is 13.4. The molecule has 2 rings (SSSR count). The Balaban J connectivity index is 1.62. The highest BCUT2D eigenvalue weighted by molar-refractivity contribution is 4.96. The lowest BCUT2D eigenvalue weighted by Gasteiger charge is -2.24. The summed E-state index contributed by atoms with van der Waals surface area (Å²) in [5.74, 6) is 2.07. The van der Waals surface area contributed by atoms with Gasteiger partial charge in [0.15, 0.2) is 0 Å². The molecule has 100 valence electrons. The second-order valence-electron chi connectivity index (χ2n) is 6.00. The van der Waals surface area contributed by atoms with Crippen molar-refractivity contribution in [2.24, 2.45) is 11.8 Å². The minimum Gasteiger partial charge on any atom is -0.312 e. The van der Waals surface area contributed by atoms with E-state index in [-0.39, 0.29) is 0 Å². The van der Waals surface area contributed by atoms with Gasteiger partial charge in [0.1, 0.15) is 0 Å². The molecular formula is C15H30N2. The topological polar surface area (TPSA) is 15.3 Å². The number of nitrogens with zero attached hydrogens (tertiary/aromatic N) is 1. The van der Waals surface area contributed by atoms with Crippen LogP contribution < -0.4 is 5.32 Å². The highest BCUT2D eigenvalue weighted by Crippen LogP contribution is 2.44. The molecule has 0 atom stereocenters. The van der Waals surface area contributed by atoms with Crippen molar-refractivity contribution in [1.29, 1.82) is 0 Å². The molecule has 0 spiro atoms. The van der Waals surface area contributed by atoms with E-state index in [0.717, 1.165) is 17.9 Å². The van der Waals surface area contributed by atoms with Crippen molar-refractivity contribution >= 4 is 0 Å². The fourth-order valence-electron chi connectivity index (χ4n) is 2.99. The molecule has 2 heteroatoms. The lowest BCUT2D eigenvalue weighted by Crippen LogP contribution is -2.40. The van der Waals surface area contributed by atoms with Crippen molar-refractivity contribution in [2.75, 3.05) is 26.2 Å². The zero-order valence-electron chi connectivity index (χ0n) is 11.8. The van der Waals surface area contributed by atoms with E-state index in [1.165, 1.54) is 64.7 Å². The van der Waals surface area contributed by atoms with Gasteiger partial charge >= 0.3 is 0 Å². The molecule has 0 radical (unpaired) electrons. The minimum absolute atomic E-state index is 0.875. The third-order valence-electron chi connectivity index (χ3n) is 4.15. The zero-order chi connectivity index (χ0) is 12.1. The van der Waals surface area contributed by atoms with Crippen molar-refractivity contribution < 1.29 is 0 Å². The lowest BCUT2D eigenvalue weighted by molar-refractivity contribution is 0.264. The summed E-state index contributed by atoms with van der Waals surface area (Å²) in [6, 6.07) is 0.875. The van der Waals surface area contributed by atoms with Gasteiger partial charge in [-0.1, -0.05) is 13.8 Å². The maximum absolute atomic E-state index is 3.85. The average molecular weight is 238 g/mol. The van der Waals surface area contributed by atoms with Crippen molar-refractivity contribution in [2.45, 2.75) is 58.4 Å². The quantitative estimate of drug-likeness (QED) is 0.629. The average Bonchev–Trinajstić information content (AvgIpc) is 3.17. The molecule has 2 nitrogen and oxygen atoms in total. The van der Waals surface area contributed by atoms with Crippen LogP contribution in [0.25, 0.3) is 0 Å². The molecule has 0 saturated heterocycles. The Hall–Kier alpha value is -0.0800. The summed E-state index contributed by atoms with van der Waals surface area (Å²) < 4.78 is 0. The molecule has 0 aromatic rings. The third-order valence-corrected chi connectivity index (χ3v) is 4.15. The van der Waals surface area contributed by atoms with Gasteiger partial charge in [0.25, 0.3) is 0 Å². The Morgan fingerprint density at radius 2 is 1.47 bits per heavy atom. The van der Waals surface area contributed by atoms with E-state index in [0.29, 0.717) is 0 Å².